The molecule has 6 heteroatoms. The van der Waals surface area contributed by atoms with Gasteiger partial charge in [-0.3, -0.25) is 4.79 Å². The van der Waals surface area contributed by atoms with Crippen LogP contribution in [0.3, 0.4) is 0 Å². The second-order valence-corrected chi connectivity index (χ2v) is 5.79. The summed E-state index contributed by atoms with van der Waals surface area (Å²) in [6, 6.07) is 7.14. The highest BCUT2D eigenvalue weighted by molar-refractivity contribution is 6.30. The lowest BCUT2D eigenvalue weighted by molar-refractivity contribution is -0.137. The molecule has 0 aliphatic carbocycles. The predicted molar refractivity (Wildman–Crippen MR) is 87.1 cm³/mol. The van der Waals surface area contributed by atoms with Crippen LogP contribution in [0.4, 0.5) is 0 Å². The van der Waals surface area contributed by atoms with E-state index in [0.717, 1.165) is 19.4 Å². The summed E-state index contributed by atoms with van der Waals surface area (Å²) in [7, 11) is 0. The van der Waals surface area contributed by atoms with Gasteiger partial charge in [-0.25, -0.2) is 0 Å². The average Bonchev–Trinajstić information content (AvgIpc) is 2.46. The Bertz CT molecular complexity index is 453. The van der Waals surface area contributed by atoms with Crippen LogP contribution >= 0.6 is 24.0 Å². The molecular formula is C15H22Cl2N2O2. The number of hydrogen-bond donors (Lipinski definition) is 1. The van der Waals surface area contributed by atoms with Crippen molar-refractivity contribution in [2.24, 2.45) is 11.7 Å². The number of ether oxygens (including phenoxy) is 1. The van der Waals surface area contributed by atoms with Crippen molar-refractivity contribution in [3.8, 4) is 5.75 Å². The van der Waals surface area contributed by atoms with Gasteiger partial charge in [0.1, 0.15) is 5.75 Å². The van der Waals surface area contributed by atoms with Crippen molar-refractivity contribution >= 4 is 29.9 Å². The minimum Gasteiger partial charge on any atom is -0.484 e. The first-order valence-electron chi connectivity index (χ1n) is 6.98. The number of likely N-dealkylation sites (tertiary alicyclic amines) is 1. The van der Waals surface area contributed by atoms with Crippen LogP contribution in [0.5, 0.6) is 5.75 Å². The van der Waals surface area contributed by atoms with E-state index in [2.05, 4.69) is 6.92 Å². The zero-order valence-electron chi connectivity index (χ0n) is 12.1. The minimum absolute atomic E-state index is 0. The Hall–Kier alpha value is -0.970. The van der Waals surface area contributed by atoms with Gasteiger partial charge in [-0.15, -0.1) is 12.4 Å². The van der Waals surface area contributed by atoms with Crippen molar-refractivity contribution in [3.63, 3.8) is 0 Å². The number of carbonyl (C=O) groups excluding carboxylic acids is 1. The van der Waals surface area contributed by atoms with Crippen LogP contribution in [0.15, 0.2) is 24.3 Å². The van der Waals surface area contributed by atoms with Crippen LogP contribution in [0, 0.1) is 5.92 Å². The van der Waals surface area contributed by atoms with Crippen LogP contribution in [0.2, 0.25) is 5.02 Å². The van der Waals surface area contributed by atoms with E-state index in [1.165, 1.54) is 0 Å². The molecule has 0 bridgehead atoms. The van der Waals surface area contributed by atoms with Gasteiger partial charge in [0.25, 0.3) is 5.91 Å². The number of hydrogen-bond acceptors (Lipinski definition) is 3. The predicted octanol–water partition coefficient (Wildman–Crippen LogP) is 2.73. The molecule has 0 spiro atoms. The molecule has 0 saturated carbocycles. The van der Waals surface area contributed by atoms with Crippen molar-refractivity contribution in [1.29, 1.82) is 0 Å². The van der Waals surface area contributed by atoms with Gasteiger partial charge >= 0.3 is 0 Å². The molecule has 1 fully saturated rings. The van der Waals surface area contributed by atoms with E-state index in [9.17, 15) is 4.79 Å². The van der Waals surface area contributed by atoms with Crippen molar-refractivity contribution in [2.45, 2.75) is 25.8 Å². The highest BCUT2D eigenvalue weighted by Crippen LogP contribution is 2.22. The molecule has 1 aromatic rings. The van der Waals surface area contributed by atoms with Gasteiger partial charge in [0.15, 0.2) is 6.61 Å². The average molecular weight is 333 g/mol. The molecule has 2 atom stereocenters. The zero-order valence-corrected chi connectivity index (χ0v) is 13.7. The van der Waals surface area contributed by atoms with E-state index in [4.69, 9.17) is 22.1 Å². The summed E-state index contributed by atoms with van der Waals surface area (Å²) in [5, 5.41) is 0.650. The Labute approximate surface area is 137 Å². The third-order valence-electron chi connectivity index (χ3n) is 3.75. The fourth-order valence-electron chi connectivity index (χ4n) is 2.56. The second kappa shape index (κ2) is 8.47. The fraction of sp³-hybridized carbons (Fsp3) is 0.533. The summed E-state index contributed by atoms with van der Waals surface area (Å²) in [4.78, 5) is 14.1. The number of amides is 1. The molecule has 4 nitrogen and oxygen atoms in total. The van der Waals surface area contributed by atoms with Gasteiger partial charge in [-0.1, -0.05) is 18.5 Å². The maximum atomic E-state index is 12.2. The molecule has 1 heterocycles. The largest absolute Gasteiger partial charge is 0.484 e. The number of rotatable bonds is 4. The quantitative estimate of drug-likeness (QED) is 0.922. The van der Waals surface area contributed by atoms with Crippen molar-refractivity contribution < 1.29 is 9.53 Å². The molecule has 0 radical (unpaired) electrons. The van der Waals surface area contributed by atoms with Crippen LogP contribution in [-0.4, -0.2) is 36.5 Å². The first kappa shape index (κ1) is 18.1. The van der Waals surface area contributed by atoms with E-state index in [1.54, 1.807) is 24.3 Å². The first-order valence-corrected chi connectivity index (χ1v) is 7.36. The van der Waals surface area contributed by atoms with Crippen molar-refractivity contribution in [3.05, 3.63) is 29.3 Å². The zero-order chi connectivity index (χ0) is 14.5. The minimum atomic E-state index is 0. The topological polar surface area (TPSA) is 55.6 Å². The summed E-state index contributed by atoms with van der Waals surface area (Å²) in [5.74, 6) is 1.28. The van der Waals surface area contributed by atoms with Crippen LogP contribution in [0.1, 0.15) is 19.8 Å². The normalized spacial score (nSPS) is 21.6. The number of nitrogens with zero attached hydrogens (tertiary/aromatic N) is 1. The number of nitrogens with two attached hydrogens (primary N) is 1. The van der Waals surface area contributed by atoms with Crippen molar-refractivity contribution in [1.82, 2.24) is 4.90 Å². The van der Waals surface area contributed by atoms with Crippen LogP contribution in [0.25, 0.3) is 0 Å². The lowest BCUT2D eigenvalue weighted by Crippen LogP contribution is -2.50. The molecule has 1 aromatic carbocycles. The smallest absolute Gasteiger partial charge is 0.260 e. The van der Waals surface area contributed by atoms with E-state index >= 15 is 0 Å². The van der Waals surface area contributed by atoms with E-state index < -0.39 is 0 Å². The summed E-state index contributed by atoms with van der Waals surface area (Å²) < 4.78 is 5.51. The fourth-order valence-corrected chi connectivity index (χ4v) is 2.69. The van der Waals surface area contributed by atoms with Gasteiger partial charge in [0.2, 0.25) is 0 Å². The summed E-state index contributed by atoms with van der Waals surface area (Å²) in [5.41, 5.74) is 5.77. The lowest BCUT2D eigenvalue weighted by Gasteiger charge is -2.37. The van der Waals surface area contributed by atoms with Gasteiger partial charge < -0.3 is 15.4 Å². The third kappa shape index (κ3) is 5.06. The van der Waals surface area contributed by atoms with Gasteiger partial charge in [-0.05, 0) is 43.0 Å². The summed E-state index contributed by atoms with van der Waals surface area (Å²) >= 11 is 5.80. The standard InChI is InChI=1S/C15H21ClN2O2.ClH/c1-11-6-7-18(13(8-11)9-17)15(19)10-20-14-4-2-12(16)3-5-14;/h2-5,11,13H,6-10,17H2,1H3;1H. The molecular weight excluding hydrogens is 311 g/mol. The highest BCUT2D eigenvalue weighted by atomic mass is 35.5. The maximum absolute atomic E-state index is 12.2. The number of piperidine rings is 1. The molecule has 21 heavy (non-hydrogen) atoms. The number of halogens is 2. The highest BCUT2D eigenvalue weighted by Gasteiger charge is 2.28. The van der Waals surface area contributed by atoms with Gasteiger partial charge in [0, 0.05) is 24.2 Å². The third-order valence-corrected chi connectivity index (χ3v) is 4.00. The second-order valence-electron chi connectivity index (χ2n) is 5.35. The summed E-state index contributed by atoms with van der Waals surface area (Å²) in [6.07, 6.45) is 2.01. The Morgan fingerprint density at radius 1 is 1.43 bits per heavy atom. The number of benzene rings is 1. The molecule has 2 N–H and O–H groups in total. The molecule has 0 aromatic heterocycles. The van der Waals surface area contributed by atoms with Crippen LogP contribution in [-0.2, 0) is 4.79 Å². The van der Waals surface area contributed by atoms with E-state index in [1.807, 2.05) is 4.90 Å². The lowest BCUT2D eigenvalue weighted by atomic mass is 9.92. The van der Waals surface area contributed by atoms with Crippen LogP contribution < -0.4 is 10.5 Å². The Morgan fingerprint density at radius 2 is 2.10 bits per heavy atom. The molecule has 1 amide bonds. The Kier molecular flexibility index (Phi) is 7.29. The Balaban J connectivity index is 0.00000220. The van der Waals surface area contributed by atoms with Gasteiger partial charge in [-0.2, -0.15) is 0 Å². The maximum Gasteiger partial charge on any atom is 0.260 e. The molecule has 1 aliphatic rings. The van der Waals surface area contributed by atoms with E-state index in [-0.39, 0.29) is 31.0 Å². The first-order chi connectivity index (χ1) is 9.60. The monoisotopic (exact) mass is 332 g/mol. The molecule has 1 aliphatic heterocycles. The number of carbonyl (C=O) groups is 1. The van der Waals surface area contributed by atoms with Crippen molar-refractivity contribution in [2.75, 3.05) is 19.7 Å². The van der Waals surface area contributed by atoms with E-state index in [0.29, 0.717) is 23.2 Å². The molecule has 2 unspecified atom stereocenters. The molecule has 2 rings (SSSR count). The SMILES string of the molecule is CC1CCN(C(=O)COc2ccc(Cl)cc2)C(CN)C1.Cl. The molecule has 1 saturated heterocycles. The van der Waals surface area contributed by atoms with Gasteiger partial charge in [0.05, 0.1) is 0 Å². The Morgan fingerprint density at radius 3 is 2.71 bits per heavy atom. The summed E-state index contributed by atoms with van der Waals surface area (Å²) in [6.45, 7) is 3.53. The molecule has 118 valence electrons.